The van der Waals surface area contributed by atoms with Crippen molar-refractivity contribution >= 4 is 23.4 Å². The number of aromatic nitrogens is 1. The molecule has 1 aliphatic heterocycles. The molecule has 150 valence electrons. The van der Waals surface area contributed by atoms with Gasteiger partial charge in [0.15, 0.2) is 0 Å². The fraction of sp³-hybridized carbons (Fsp3) is 0.632. The highest BCUT2D eigenvalue weighted by Gasteiger charge is 2.40. The molecule has 0 aliphatic carbocycles. The van der Waals surface area contributed by atoms with Crippen LogP contribution < -0.4 is 16.0 Å². The molecule has 2 heterocycles. The van der Waals surface area contributed by atoms with Crippen molar-refractivity contribution in [2.45, 2.75) is 52.3 Å². The van der Waals surface area contributed by atoms with Crippen molar-refractivity contribution in [1.82, 2.24) is 15.2 Å². The molecule has 1 aliphatic rings. The Hall–Kier alpha value is -2.51. The second-order valence-corrected chi connectivity index (χ2v) is 8.19. The molecule has 0 bridgehead atoms. The number of amides is 2. The van der Waals surface area contributed by atoms with E-state index in [1.807, 2.05) is 26.8 Å². The molecule has 0 aromatic carbocycles. The molecular weight excluding hydrogens is 346 g/mol. The van der Waals surface area contributed by atoms with Gasteiger partial charge in [-0.1, -0.05) is 6.92 Å². The van der Waals surface area contributed by atoms with Gasteiger partial charge in [-0.25, -0.2) is 4.79 Å². The van der Waals surface area contributed by atoms with E-state index in [9.17, 15) is 9.59 Å². The van der Waals surface area contributed by atoms with E-state index >= 15 is 0 Å². The van der Waals surface area contributed by atoms with E-state index in [1.54, 1.807) is 24.3 Å². The summed E-state index contributed by atoms with van der Waals surface area (Å²) in [7, 11) is 1.77. The maximum absolute atomic E-state index is 12.4. The molecule has 1 saturated heterocycles. The highest BCUT2D eigenvalue weighted by molar-refractivity contribution is 5.74. The number of nitrogens with zero attached hydrogens (tertiary/aromatic N) is 3. The summed E-state index contributed by atoms with van der Waals surface area (Å²) in [5, 5.41) is 2.96. The van der Waals surface area contributed by atoms with Crippen LogP contribution >= 0.6 is 0 Å². The van der Waals surface area contributed by atoms with Crippen molar-refractivity contribution < 1.29 is 14.3 Å². The average molecular weight is 377 g/mol. The van der Waals surface area contributed by atoms with E-state index < -0.39 is 11.7 Å². The summed E-state index contributed by atoms with van der Waals surface area (Å²) in [5.74, 6) is 0.0693. The minimum absolute atomic E-state index is 0.0419. The van der Waals surface area contributed by atoms with E-state index in [4.69, 9.17) is 10.5 Å². The molecule has 8 heteroatoms. The van der Waals surface area contributed by atoms with Crippen LogP contribution in [0.25, 0.3) is 0 Å². The number of anilines is 2. The number of pyridine rings is 1. The van der Waals surface area contributed by atoms with Crippen molar-refractivity contribution in [2.75, 3.05) is 30.8 Å². The highest BCUT2D eigenvalue weighted by Crippen LogP contribution is 2.29. The van der Waals surface area contributed by atoms with Gasteiger partial charge in [-0.2, -0.15) is 0 Å². The van der Waals surface area contributed by atoms with Gasteiger partial charge in [-0.3, -0.25) is 9.78 Å². The number of carbonyl (C=O) groups excluding carboxylic acids is 2. The molecule has 0 saturated carbocycles. The zero-order valence-corrected chi connectivity index (χ0v) is 17.0. The number of rotatable bonds is 3. The third kappa shape index (κ3) is 5.24. The molecule has 2 rings (SSSR count). The minimum atomic E-state index is -0.596. The van der Waals surface area contributed by atoms with Gasteiger partial charge < -0.3 is 25.6 Å². The summed E-state index contributed by atoms with van der Waals surface area (Å²) in [5.41, 5.74) is 6.95. The summed E-state index contributed by atoms with van der Waals surface area (Å²) in [6, 6.07) is 1.42. The number of hydrogen-bond acceptors (Lipinski definition) is 6. The quantitative estimate of drug-likeness (QED) is 0.834. The molecule has 3 atom stereocenters. The lowest BCUT2D eigenvalue weighted by molar-refractivity contribution is -0.131. The van der Waals surface area contributed by atoms with Crippen LogP contribution in [0.3, 0.4) is 0 Å². The Morgan fingerprint density at radius 3 is 2.59 bits per heavy atom. The number of nitrogen functional groups attached to an aromatic ring is 1. The van der Waals surface area contributed by atoms with Crippen LogP contribution in [0.1, 0.15) is 34.6 Å². The predicted octanol–water partition coefficient (Wildman–Crippen LogP) is 1.86. The van der Waals surface area contributed by atoms with Crippen LogP contribution in [-0.2, 0) is 9.53 Å². The fourth-order valence-electron chi connectivity index (χ4n) is 3.61. The van der Waals surface area contributed by atoms with Crippen LogP contribution in [0.2, 0.25) is 0 Å². The molecule has 2 amide bonds. The molecular formula is C19H31N5O3. The minimum Gasteiger partial charge on any atom is -0.444 e. The predicted molar refractivity (Wildman–Crippen MR) is 105 cm³/mol. The number of ether oxygens (including phenoxy) is 1. The second-order valence-electron chi connectivity index (χ2n) is 8.19. The molecule has 8 nitrogen and oxygen atoms in total. The third-order valence-electron chi connectivity index (χ3n) is 4.74. The molecule has 1 aromatic heterocycles. The number of carbonyl (C=O) groups is 2. The molecule has 27 heavy (non-hydrogen) atoms. The maximum atomic E-state index is 12.4. The van der Waals surface area contributed by atoms with E-state index in [2.05, 4.69) is 22.1 Å². The average Bonchev–Trinajstić information content (AvgIpc) is 2.52. The van der Waals surface area contributed by atoms with E-state index in [1.165, 1.54) is 6.92 Å². The van der Waals surface area contributed by atoms with Gasteiger partial charge in [-0.05, 0) is 32.8 Å². The van der Waals surface area contributed by atoms with Gasteiger partial charge >= 0.3 is 6.09 Å². The van der Waals surface area contributed by atoms with Gasteiger partial charge in [0, 0.05) is 33.3 Å². The van der Waals surface area contributed by atoms with Crippen molar-refractivity contribution in [3.8, 4) is 0 Å². The Balaban J connectivity index is 2.27. The first-order chi connectivity index (χ1) is 12.5. The lowest BCUT2D eigenvalue weighted by Crippen LogP contribution is -2.64. The van der Waals surface area contributed by atoms with E-state index in [-0.39, 0.29) is 23.9 Å². The van der Waals surface area contributed by atoms with Gasteiger partial charge in [0.25, 0.3) is 0 Å². The summed E-state index contributed by atoms with van der Waals surface area (Å²) < 4.78 is 5.42. The first kappa shape index (κ1) is 20.8. The van der Waals surface area contributed by atoms with Crippen molar-refractivity contribution in [3.63, 3.8) is 0 Å². The number of nitrogens with one attached hydrogen (secondary N) is 1. The molecule has 3 unspecified atom stereocenters. The lowest BCUT2D eigenvalue weighted by atomic mass is 9.88. The van der Waals surface area contributed by atoms with Crippen LogP contribution in [-0.4, -0.2) is 59.7 Å². The SMILES string of the molecule is CC(=O)N(C)C1C(C)CN(c2ccncc2N)CC1NC(=O)OC(C)(C)C. The standard InChI is InChI=1S/C19H31N5O3/c1-12-10-24(16-7-8-21-9-14(16)20)11-15(17(12)23(6)13(2)25)22-18(26)27-19(3,4)5/h7-9,12,15,17H,10-11,20H2,1-6H3,(H,22,26). The van der Waals surface area contributed by atoms with Crippen molar-refractivity contribution in [2.24, 2.45) is 5.92 Å². The Kier molecular flexibility index (Phi) is 6.18. The smallest absolute Gasteiger partial charge is 0.408 e. The molecule has 1 fully saturated rings. The zero-order chi connectivity index (χ0) is 20.4. The lowest BCUT2D eigenvalue weighted by Gasteiger charge is -2.47. The van der Waals surface area contributed by atoms with Gasteiger partial charge in [0.05, 0.1) is 29.7 Å². The fourth-order valence-corrected chi connectivity index (χ4v) is 3.61. The van der Waals surface area contributed by atoms with E-state index in [0.717, 1.165) is 5.69 Å². The Labute approximate surface area is 161 Å². The first-order valence-electron chi connectivity index (χ1n) is 9.17. The van der Waals surface area contributed by atoms with Crippen molar-refractivity contribution in [1.29, 1.82) is 0 Å². The molecule has 1 aromatic rings. The number of likely N-dealkylation sites (N-methyl/N-ethyl adjacent to an activating group) is 1. The number of piperidine rings is 1. The monoisotopic (exact) mass is 377 g/mol. The normalized spacial score (nSPS) is 22.9. The van der Waals surface area contributed by atoms with Gasteiger partial charge in [0.1, 0.15) is 5.60 Å². The van der Waals surface area contributed by atoms with Crippen LogP contribution in [0, 0.1) is 5.92 Å². The molecule has 0 radical (unpaired) electrons. The van der Waals surface area contributed by atoms with Crippen LogP contribution in [0.4, 0.5) is 16.2 Å². The topological polar surface area (TPSA) is 101 Å². The Bertz CT molecular complexity index is 688. The summed E-state index contributed by atoms with van der Waals surface area (Å²) in [6.07, 6.45) is 2.82. The highest BCUT2D eigenvalue weighted by atomic mass is 16.6. The Morgan fingerprint density at radius 1 is 1.37 bits per heavy atom. The second kappa shape index (κ2) is 8.02. The summed E-state index contributed by atoms with van der Waals surface area (Å²) >= 11 is 0. The van der Waals surface area contributed by atoms with E-state index in [0.29, 0.717) is 18.8 Å². The number of hydrogen-bond donors (Lipinski definition) is 2. The van der Waals surface area contributed by atoms with Gasteiger partial charge in [0.2, 0.25) is 5.91 Å². The zero-order valence-electron chi connectivity index (χ0n) is 17.0. The number of alkyl carbamates (subject to hydrolysis) is 1. The first-order valence-corrected chi connectivity index (χ1v) is 9.17. The third-order valence-corrected chi connectivity index (χ3v) is 4.74. The Morgan fingerprint density at radius 2 is 2.04 bits per heavy atom. The van der Waals surface area contributed by atoms with Crippen molar-refractivity contribution in [3.05, 3.63) is 18.5 Å². The van der Waals surface area contributed by atoms with Gasteiger partial charge in [-0.15, -0.1) is 0 Å². The van der Waals surface area contributed by atoms with Crippen LogP contribution in [0.5, 0.6) is 0 Å². The maximum Gasteiger partial charge on any atom is 0.408 e. The summed E-state index contributed by atoms with van der Waals surface area (Å²) in [4.78, 5) is 32.2. The summed E-state index contributed by atoms with van der Waals surface area (Å²) in [6.45, 7) is 10.3. The van der Waals surface area contributed by atoms with Crippen LogP contribution in [0.15, 0.2) is 18.5 Å². The number of nitrogens with two attached hydrogens (primary N) is 1. The largest absolute Gasteiger partial charge is 0.444 e. The molecule has 3 N–H and O–H groups in total. The molecule has 0 spiro atoms.